The molecule has 1 saturated heterocycles. The maximum atomic E-state index is 11.7. The fourth-order valence-electron chi connectivity index (χ4n) is 5.32. The molecule has 4 atom stereocenters. The quantitative estimate of drug-likeness (QED) is 0.624. The van der Waals surface area contributed by atoms with Gasteiger partial charge in [-0.3, -0.25) is 4.79 Å². The number of β-amino-alcohol motifs (C(OH)–C–C–N with tert-alkyl or cyclic N) is 1. The molecule has 168 valence electrons. The number of benzene rings is 2. The Morgan fingerprint density at radius 3 is 2.47 bits per heavy atom. The Morgan fingerprint density at radius 1 is 1.00 bits per heavy atom. The summed E-state index contributed by atoms with van der Waals surface area (Å²) >= 11 is 0. The lowest BCUT2D eigenvalue weighted by molar-refractivity contribution is 0.0708. The zero-order valence-electron chi connectivity index (χ0n) is 18.4. The monoisotopic (exact) mass is 434 g/mol. The maximum absolute atomic E-state index is 11.7. The van der Waals surface area contributed by atoms with Crippen LogP contribution < -0.4 is 10.3 Å². The third kappa shape index (κ3) is 4.44. The first-order valence-corrected chi connectivity index (χ1v) is 11.4. The van der Waals surface area contributed by atoms with Crippen LogP contribution in [0, 0.1) is 11.8 Å². The molecule has 0 radical (unpaired) electrons. The minimum atomic E-state index is -0.550. The minimum absolute atomic E-state index is 0.0292. The molecule has 2 unspecified atom stereocenters. The van der Waals surface area contributed by atoms with E-state index in [4.69, 9.17) is 4.74 Å². The van der Waals surface area contributed by atoms with Crippen LogP contribution in [0.5, 0.6) is 5.75 Å². The van der Waals surface area contributed by atoms with Crippen LogP contribution >= 0.6 is 0 Å². The van der Waals surface area contributed by atoms with E-state index in [9.17, 15) is 15.0 Å². The standard InChI is InChI=1S/C26H30N2O4/c1-27-12-19(5-7-26(27)31)18-3-2-17-4-6-25(11-20(17)8-18)32-16-24(30)15-28-13-21-9-23(29)10-22(21)14-28/h2-8,11-12,21-24,29-30H,9-10,13-16H2,1H3/t21-,22+,23?,24?. The average Bonchev–Trinajstić information content (AvgIpc) is 3.30. The largest absolute Gasteiger partial charge is 0.491 e. The number of ether oxygens (including phenoxy) is 1. The first-order valence-electron chi connectivity index (χ1n) is 11.4. The number of rotatable bonds is 6. The van der Waals surface area contributed by atoms with Gasteiger partial charge in [-0.25, -0.2) is 0 Å². The van der Waals surface area contributed by atoms with Crippen molar-refractivity contribution in [1.82, 2.24) is 9.47 Å². The second kappa shape index (κ2) is 8.70. The molecule has 1 aliphatic carbocycles. The summed E-state index contributed by atoms with van der Waals surface area (Å²) in [5, 5.41) is 22.4. The molecule has 2 aliphatic rings. The SMILES string of the molecule is Cn1cc(-c2ccc3ccc(OCC(O)CN4C[C@H]5CC(O)C[C@H]5C4)cc3c2)ccc1=O. The van der Waals surface area contributed by atoms with Crippen LogP contribution in [0.2, 0.25) is 0 Å². The smallest absolute Gasteiger partial charge is 0.250 e. The predicted octanol–water partition coefficient (Wildman–Crippen LogP) is 2.65. The highest BCUT2D eigenvalue weighted by Crippen LogP contribution is 2.38. The number of aliphatic hydroxyl groups is 2. The summed E-state index contributed by atoms with van der Waals surface area (Å²) in [6, 6.07) is 15.6. The van der Waals surface area contributed by atoms with Crippen molar-refractivity contribution in [3.8, 4) is 16.9 Å². The summed E-state index contributed by atoms with van der Waals surface area (Å²) < 4.78 is 7.50. The van der Waals surface area contributed by atoms with Gasteiger partial charge in [0.15, 0.2) is 0 Å². The Morgan fingerprint density at radius 2 is 1.72 bits per heavy atom. The van der Waals surface area contributed by atoms with Crippen LogP contribution in [-0.2, 0) is 7.05 Å². The third-order valence-corrected chi connectivity index (χ3v) is 6.94. The van der Waals surface area contributed by atoms with Gasteiger partial charge >= 0.3 is 0 Å². The van der Waals surface area contributed by atoms with Crippen LogP contribution in [0.3, 0.4) is 0 Å². The normalized spacial score (nSPS) is 24.0. The van der Waals surface area contributed by atoms with Crippen molar-refractivity contribution < 1.29 is 14.9 Å². The van der Waals surface area contributed by atoms with E-state index in [1.807, 2.05) is 30.5 Å². The van der Waals surface area contributed by atoms with Crippen LogP contribution in [0.25, 0.3) is 21.9 Å². The van der Waals surface area contributed by atoms with E-state index in [1.165, 1.54) is 0 Å². The van der Waals surface area contributed by atoms with E-state index in [1.54, 1.807) is 17.7 Å². The van der Waals surface area contributed by atoms with E-state index in [0.29, 0.717) is 18.4 Å². The lowest BCUT2D eigenvalue weighted by Crippen LogP contribution is -2.35. The van der Waals surface area contributed by atoms with E-state index < -0.39 is 6.10 Å². The Kier molecular flexibility index (Phi) is 5.76. The summed E-state index contributed by atoms with van der Waals surface area (Å²) in [5.74, 6) is 1.87. The second-order valence-electron chi connectivity index (χ2n) is 9.42. The number of aryl methyl sites for hydroxylation is 1. The van der Waals surface area contributed by atoms with Crippen molar-refractivity contribution in [2.75, 3.05) is 26.2 Å². The highest BCUT2D eigenvalue weighted by atomic mass is 16.5. The highest BCUT2D eigenvalue weighted by molar-refractivity contribution is 5.88. The van der Waals surface area contributed by atoms with Gasteiger partial charge in [0.2, 0.25) is 5.56 Å². The second-order valence-corrected chi connectivity index (χ2v) is 9.42. The molecule has 6 heteroatoms. The number of fused-ring (bicyclic) bond motifs is 2. The van der Waals surface area contributed by atoms with Crippen molar-refractivity contribution in [1.29, 1.82) is 0 Å². The van der Waals surface area contributed by atoms with E-state index >= 15 is 0 Å². The Bertz CT molecular complexity index is 1160. The maximum Gasteiger partial charge on any atom is 0.250 e. The summed E-state index contributed by atoms with van der Waals surface area (Å²) in [4.78, 5) is 14.0. The summed E-state index contributed by atoms with van der Waals surface area (Å²) in [5.41, 5.74) is 1.99. The summed E-state index contributed by atoms with van der Waals surface area (Å²) in [7, 11) is 1.75. The van der Waals surface area contributed by atoms with Gasteiger partial charge in [0, 0.05) is 38.9 Å². The Labute approximate surface area is 187 Å². The molecular formula is C26H30N2O4. The zero-order valence-corrected chi connectivity index (χ0v) is 18.4. The van der Waals surface area contributed by atoms with Gasteiger partial charge in [0.05, 0.1) is 6.10 Å². The number of hydrogen-bond donors (Lipinski definition) is 2. The van der Waals surface area contributed by atoms with Crippen molar-refractivity contribution >= 4 is 10.8 Å². The van der Waals surface area contributed by atoms with Crippen molar-refractivity contribution in [2.24, 2.45) is 18.9 Å². The molecule has 0 amide bonds. The minimum Gasteiger partial charge on any atom is -0.491 e. The molecular weight excluding hydrogens is 404 g/mol. The Hall–Kier alpha value is -2.67. The van der Waals surface area contributed by atoms with Crippen molar-refractivity contribution in [3.63, 3.8) is 0 Å². The van der Waals surface area contributed by atoms with E-state index in [-0.39, 0.29) is 18.3 Å². The zero-order chi connectivity index (χ0) is 22.2. The van der Waals surface area contributed by atoms with Crippen molar-refractivity contribution in [3.05, 3.63) is 65.1 Å². The number of pyridine rings is 1. The fraction of sp³-hybridized carbons (Fsp3) is 0.423. The highest BCUT2D eigenvalue weighted by Gasteiger charge is 2.40. The van der Waals surface area contributed by atoms with Gasteiger partial charge in [0.25, 0.3) is 0 Å². The molecule has 1 saturated carbocycles. The predicted molar refractivity (Wildman–Crippen MR) is 125 cm³/mol. The number of nitrogens with zero attached hydrogens (tertiary/aromatic N) is 2. The van der Waals surface area contributed by atoms with Gasteiger partial charge in [-0.15, -0.1) is 0 Å². The molecule has 2 heterocycles. The first kappa shape index (κ1) is 21.2. The fourth-order valence-corrected chi connectivity index (χ4v) is 5.32. The van der Waals surface area contributed by atoms with Gasteiger partial charge < -0.3 is 24.4 Å². The first-order chi connectivity index (χ1) is 15.4. The van der Waals surface area contributed by atoms with Crippen molar-refractivity contribution in [2.45, 2.75) is 25.0 Å². The molecule has 2 aromatic carbocycles. The Balaban J connectivity index is 1.22. The van der Waals surface area contributed by atoms with Gasteiger partial charge in [-0.1, -0.05) is 18.2 Å². The van der Waals surface area contributed by atoms with Gasteiger partial charge in [-0.05, 0) is 70.8 Å². The lowest BCUT2D eigenvalue weighted by atomic mass is 10.0. The molecule has 3 aromatic rings. The molecule has 2 fully saturated rings. The van der Waals surface area contributed by atoms with Crippen LogP contribution in [0.4, 0.5) is 0 Å². The average molecular weight is 435 g/mol. The molecule has 5 rings (SSSR count). The number of aromatic nitrogens is 1. The van der Waals surface area contributed by atoms with Gasteiger partial charge in [0.1, 0.15) is 18.5 Å². The van der Waals surface area contributed by atoms with E-state index in [0.717, 1.165) is 53.6 Å². The molecule has 1 aromatic heterocycles. The van der Waals surface area contributed by atoms with Crippen LogP contribution in [-0.4, -0.2) is 58.1 Å². The van der Waals surface area contributed by atoms with Crippen LogP contribution in [0.1, 0.15) is 12.8 Å². The molecule has 1 aliphatic heterocycles. The third-order valence-electron chi connectivity index (χ3n) is 6.94. The molecule has 0 spiro atoms. The molecule has 32 heavy (non-hydrogen) atoms. The topological polar surface area (TPSA) is 74.9 Å². The summed E-state index contributed by atoms with van der Waals surface area (Å²) in [6.07, 6.45) is 2.94. The van der Waals surface area contributed by atoms with Crippen LogP contribution in [0.15, 0.2) is 59.5 Å². The molecule has 6 nitrogen and oxygen atoms in total. The van der Waals surface area contributed by atoms with Gasteiger partial charge in [-0.2, -0.15) is 0 Å². The van der Waals surface area contributed by atoms with E-state index in [2.05, 4.69) is 23.1 Å². The lowest BCUT2D eigenvalue weighted by Gasteiger charge is -2.21. The number of hydrogen-bond acceptors (Lipinski definition) is 5. The molecule has 0 bridgehead atoms. The summed E-state index contributed by atoms with van der Waals surface area (Å²) in [6.45, 7) is 2.78. The number of aliphatic hydroxyl groups excluding tert-OH is 2. The molecule has 2 N–H and O–H groups in total. The number of likely N-dealkylation sites (tertiary alicyclic amines) is 1.